The summed E-state index contributed by atoms with van der Waals surface area (Å²) in [6, 6.07) is 17.7. The minimum Gasteiger partial charge on any atom is -0.371 e. The Morgan fingerprint density at radius 3 is 2.77 bits per heavy atom. The average molecular weight is 345 g/mol. The number of anilines is 2. The molecule has 4 heteroatoms. The largest absolute Gasteiger partial charge is 0.371 e. The summed E-state index contributed by atoms with van der Waals surface area (Å²) in [5, 5.41) is 3.96. The molecule has 1 atom stereocenters. The SMILES string of the molecule is CC1CCCN(c2ccc(C(=O)Nc3cnc4ccccc4c3)cc2)C1. The molecular weight excluding hydrogens is 322 g/mol. The van der Waals surface area contributed by atoms with E-state index in [4.69, 9.17) is 0 Å². The molecular formula is C22H23N3O. The highest BCUT2D eigenvalue weighted by molar-refractivity contribution is 6.05. The fourth-order valence-electron chi connectivity index (χ4n) is 3.59. The predicted molar refractivity (Wildman–Crippen MR) is 107 cm³/mol. The van der Waals surface area contributed by atoms with E-state index >= 15 is 0 Å². The van der Waals surface area contributed by atoms with E-state index in [1.54, 1.807) is 6.20 Å². The number of para-hydroxylation sites is 1. The molecule has 3 aromatic rings. The number of nitrogens with one attached hydrogen (secondary N) is 1. The highest BCUT2D eigenvalue weighted by atomic mass is 16.1. The van der Waals surface area contributed by atoms with Gasteiger partial charge in [-0.2, -0.15) is 0 Å². The molecule has 0 bridgehead atoms. The zero-order chi connectivity index (χ0) is 17.9. The molecule has 2 heterocycles. The van der Waals surface area contributed by atoms with Gasteiger partial charge in [0, 0.05) is 29.7 Å². The zero-order valence-electron chi connectivity index (χ0n) is 15.0. The molecule has 132 valence electrons. The van der Waals surface area contributed by atoms with Crippen LogP contribution in [0.5, 0.6) is 0 Å². The monoisotopic (exact) mass is 345 g/mol. The molecule has 1 amide bonds. The number of aromatic nitrogens is 1. The first-order valence-corrected chi connectivity index (χ1v) is 9.20. The molecule has 1 aliphatic rings. The molecule has 4 rings (SSSR count). The smallest absolute Gasteiger partial charge is 0.255 e. The second kappa shape index (κ2) is 7.16. The highest BCUT2D eigenvalue weighted by Crippen LogP contribution is 2.23. The quantitative estimate of drug-likeness (QED) is 0.747. The average Bonchev–Trinajstić information content (AvgIpc) is 2.68. The van der Waals surface area contributed by atoms with Gasteiger partial charge in [0.15, 0.2) is 0 Å². The summed E-state index contributed by atoms with van der Waals surface area (Å²) < 4.78 is 0. The van der Waals surface area contributed by atoms with E-state index in [1.807, 2.05) is 54.6 Å². The Morgan fingerprint density at radius 2 is 1.96 bits per heavy atom. The Balaban J connectivity index is 1.47. The van der Waals surface area contributed by atoms with Gasteiger partial charge >= 0.3 is 0 Å². The molecule has 0 spiro atoms. The molecule has 1 saturated heterocycles. The Labute approximate surface area is 153 Å². The van der Waals surface area contributed by atoms with Crippen LogP contribution in [-0.4, -0.2) is 24.0 Å². The lowest BCUT2D eigenvalue weighted by Gasteiger charge is -2.32. The molecule has 1 unspecified atom stereocenters. The van der Waals surface area contributed by atoms with Gasteiger partial charge in [0.1, 0.15) is 0 Å². The summed E-state index contributed by atoms with van der Waals surface area (Å²) >= 11 is 0. The number of pyridine rings is 1. The summed E-state index contributed by atoms with van der Waals surface area (Å²) in [4.78, 5) is 19.3. The second-order valence-corrected chi connectivity index (χ2v) is 7.11. The molecule has 1 N–H and O–H groups in total. The standard InChI is InChI=1S/C22H23N3O/c1-16-5-4-12-25(15-16)20-10-8-17(9-11-20)22(26)24-19-13-18-6-2-3-7-21(18)23-14-19/h2-3,6-11,13-14,16H,4-5,12,15H2,1H3,(H,24,26). The van der Waals surface area contributed by atoms with Crippen molar-refractivity contribution < 1.29 is 4.79 Å². The first-order valence-electron chi connectivity index (χ1n) is 9.20. The van der Waals surface area contributed by atoms with E-state index < -0.39 is 0 Å². The van der Waals surface area contributed by atoms with E-state index in [9.17, 15) is 4.79 Å². The van der Waals surface area contributed by atoms with Crippen LogP contribution in [0.2, 0.25) is 0 Å². The van der Waals surface area contributed by atoms with Gasteiger partial charge in [0.05, 0.1) is 17.4 Å². The van der Waals surface area contributed by atoms with E-state index in [1.165, 1.54) is 18.5 Å². The number of benzene rings is 2. The van der Waals surface area contributed by atoms with Crippen LogP contribution < -0.4 is 10.2 Å². The maximum absolute atomic E-state index is 12.5. The van der Waals surface area contributed by atoms with Crippen LogP contribution in [0.3, 0.4) is 0 Å². The van der Waals surface area contributed by atoms with Crippen LogP contribution in [0.1, 0.15) is 30.1 Å². The van der Waals surface area contributed by atoms with Gasteiger partial charge in [-0.3, -0.25) is 9.78 Å². The number of nitrogens with zero attached hydrogens (tertiary/aromatic N) is 2. The molecule has 1 aliphatic heterocycles. The minimum absolute atomic E-state index is 0.111. The molecule has 0 radical (unpaired) electrons. The maximum atomic E-state index is 12.5. The maximum Gasteiger partial charge on any atom is 0.255 e. The van der Waals surface area contributed by atoms with Crippen LogP contribution in [0.25, 0.3) is 10.9 Å². The number of amides is 1. The molecule has 0 saturated carbocycles. The summed E-state index contributed by atoms with van der Waals surface area (Å²) in [6.45, 7) is 4.48. The third kappa shape index (κ3) is 3.54. The van der Waals surface area contributed by atoms with Crippen molar-refractivity contribution in [1.29, 1.82) is 0 Å². The predicted octanol–water partition coefficient (Wildman–Crippen LogP) is 4.72. The van der Waals surface area contributed by atoms with E-state index in [0.29, 0.717) is 11.3 Å². The van der Waals surface area contributed by atoms with Crippen LogP contribution in [0.4, 0.5) is 11.4 Å². The molecule has 26 heavy (non-hydrogen) atoms. The molecule has 1 fully saturated rings. The Morgan fingerprint density at radius 1 is 1.15 bits per heavy atom. The second-order valence-electron chi connectivity index (χ2n) is 7.11. The van der Waals surface area contributed by atoms with Crippen molar-refractivity contribution in [2.24, 2.45) is 5.92 Å². The first-order chi connectivity index (χ1) is 12.7. The zero-order valence-corrected chi connectivity index (χ0v) is 15.0. The van der Waals surface area contributed by atoms with Gasteiger partial charge in [-0.1, -0.05) is 25.1 Å². The van der Waals surface area contributed by atoms with Crippen molar-refractivity contribution in [3.8, 4) is 0 Å². The molecule has 1 aromatic heterocycles. The fourth-order valence-corrected chi connectivity index (χ4v) is 3.59. The lowest BCUT2D eigenvalue weighted by Crippen LogP contribution is -2.34. The fraction of sp³-hybridized carbons (Fsp3) is 0.273. The van der Waals surface area contributed by atoms with Crippen molar-refractivity contribution in [2.45, 2.75) is 19.8 Å². The minimum atomic E-state index is -0.111. The number of fused-ring (bicyclic) bond motifs is 1. The van der Waals surface area contributed by atoms with Crippen LogP contribution in [0, 0.1) is 5.92 Å². The number of carbonyl (C=O) groups excluding carboxylic acids is 1. The number of rotatable bonds is 3. The van der Waals surface area contributed by atoms with Crippen LogP contribution >= 0.6 is 0 Å². The lowest BCUT2D eigenvalue weighted by molar-refractivity contribution is 0.102. The summed E-state index contributed by atoms with van der Waals surface area (Å²) in [5.74, 6) is 0.618. The van der Waals surface area contributed by atoms with Gasteiger partial charge in [0.25, 0.3) is 5.91 Å². The van der Waals surface area contributed by atoms with Gasteiger partial charge in [-0.25, -0.2) is 0 Å². The van der Waals surface area contributed by atoms with Gasteiger partial charge in [0.2, 0.25) is 0 Å². The van der Waals surface area contributed by atoms with Crippen LogP contribution in [0.15, 0.2) is 60.8 Å². The number of piperidine rings is 1. The summed E-state index contributed by atoms with van der Waals surface area (Å²) in [5.41, 5.74) is 3.49. The Hall–Kier alpha value is -2.88. The molecule has 0 aliphatic carbocycles. The Kier molecular flexibility index (Phi) is 4.57. The highest BCUT2D eigenvalue weighted by Gasteiger charge is 2.17. The third-order valence-corrected chi connectivity index (χ3v) is 5.00. The molecule has 4 nitrogen and oxygen atoms in total. The molecule has 2 aromatic carbocycles. The number of hydrogen-bond donors (Lipinski definition) is 1. The van der Waals surface area contributed by atoms with Crippen molar-refractivity contribution >= 4 is 28.2 Å². The van der Waals surface area contributed by atoms with Gasteiger partial charge in [-0.15, -0.1) is 0 Å². The summed E-state index contributed by atoms with van der Waals surface area (Å²) in [7, 11) is 0. The van der Waals surface area contributed by atoms with Crippen LogP contribution in [-0.2, 0) is 0 Å². The topological polar surface area (TPSA) is 45.2 Å². The van der Waals surface area contributed by atoms with Crippen molar-refractivity contribution in [1.82, 2.24) is 4.98 Å². The van der Waals surface area contributed by atoms with E-state index in [-0.39, 0.29) is 5.91 Å². The van der Waals surface area contributed by atoms with Gasteiger partial charge < -0.3 is 10.2 Å². The number of hydrogen-bond acceptors (Lipinski definition) is 3. The summed E-state index contributed by atoms with van der Waals surface area (Å²) in [6.07, 6.45) is 4.23. The van der Waals surface area contributed by atoms with E-state index in [2.05, 4.69) is 22.1 Å². The van der Waals surface area contributed by atoms with Crippen molar-refractivity contribution in [3.05, 3.63) is 66.4 Å². The van der Waals surface area contributed by atoms with Crippen molar-refractivity contribution in [2.75, 3.05) is 23.3 Å². The van der Waals surface area contributed by atoms with E-state index in [0.717, 1.165) is 29.9 Å². The Bertz CT molecular complexity index is 920. The number of carbonyl (C=O) groups is 1. The first kappa shape index (κ1) is 16.6. The third-order valence-electron chi connectivity index (χ3n) is 5.00. The lowest BCUT2D eigenvalue weighted by atomic mass is 9.99. The van der Waals surface area contributed by atoms with Crippen molar-refractivity contribution in [3.63, 3.8) is 0 Å². The van der Waals surface area contributed by atoms with Gasteiger partial charge in [-0.05, 0) is 55.2 Å². The normalized spacial score (nSPS) is 17.3.